The quantitative estimate of drug-likeness (QED) is 0.264. The Bertz CT molecular complexity index is 233. The van der Waals surface area contributed by atoms with Gasteiger partial charge in [0.05, 0.1) is 0 Å². The zero-order valence-corrected chi connectivity index (χ0v) is 14.7. The van der Waals surface area contributed by atoms with E-state index in [-0.39, 0.29) is 24.0 Å². The van der Waals surface area contributed by atoms with E-state index in [1.807, 2.05) is 6.92 Å². The second-order valence-electron chi connectivity index (χ2n) is 4.82. The summed E-state index contributed by atoms with van der Waals surface area (Å²) < 4.78 is 5.30. The van der Waals surface area contributed by atoms with Gasteiger partial charge >= 0.3 is 0 Å². The van der Waals surface area contributed by atoms with E-state index in [1.54, 1.807) is 0 Å². The Hall–Kier alpha value is -0.0400. The highest BCUT2D eigenvalue weighted by atomic mass is 127. The maximum absolute atomic E-state index is 5.30. The van der Waals surface area contributed by atoms with Gasteiger partial charge in [-0.15, -0.1) is 24.0 Å². The molecule has 0 radical (unpaired) electrons. The summed E-state index contributed by atoms with van der Waals surface area (Å²) in [5, 5.41) is 6.67. The van der Waals surface area contributed by atoms with Gasteiger partial charge in [-0.2, -0.15) is 0 Å². The van der Waals surface area contributed by atoms with Crippen molar-refractivity contribution < 1.29 is 4.74 Å². The van der Waals surface area contributed by atoms with Gasteiger partial charge in [0, 0.05) is 32.8 Å². The molecule has 0 aromatic heterocycles. The molecule has 1 fully saturated rings. The minimum absolute atomic E-state index is 0. The lowest BCUT2D eigenvalue weighted by atomic mass is 10.2. The van der Waals surface area contributed by atoms with E-state index in [0.29, 0.717) is 0 Å². The van der Waals surface area contributed by atoms with Crippen molar-refractivity contribution in [3.8, 4) is 0 Å². The molecule has 4 nitrogen and oxygen atoms in total. The first-order chi connectivity index (χ1) is 8.86. The van der Waals surface area contributed by atoms with Crippen molar-refractivity contribution in [1.29, 1.82) is 0 Å². The number of aliphatic imine (C=N–C) groups is 1. The van der Waals surface area contributed by atoms with Crippen LogP contribution in [0, 0.1) is 5.92 Å². The summed E-state index contributed by atoms with van der Waals surface area (Å²) in [5.41, 5.74) is 0. The zero-order chi connectivity index (χ0) is 13.1. The molecule has 19 heavy (non-hydrogen) atoms. The smallest absolute Gasteiger partial charge is 0.191 e. The second-order valence-corrected chi connectivity index (χ2v) is 4.82. The molecule has 2 N–H and O–H groups in total. The van der Waals surface area contributed by atoms with Gasteiger partial charge in [-0.05, 0) is 39.0 Å². The van der Waals surface area contributed by atoms with E-state index >= 15 is 0 Å². The molecule has 1 aliphatic carbocycles. The molecule has 114 valence electrons. The Labute approximate surface area is 135 Å². The van der Waals surface area contributed by atoms with Crippen LogP contribution in [-0.4, -0.2) is 38.8 Å². The molecule has 0 heterocycles. The number of nitrogens with one attached hydrogen (secondary N) is 2. The monoisotopic (exact) mass is 383 g/mol. The Morgan fingerprint density at radius 2 is 2.00 bits per heavy atom. The average molecular weight is 383 g/mol. The van der Waals surface area contributed by atoms with Crippen molar-refractivity contribution in [3.05, 3.63) is 0 Å². The summed E-state index contributed by atoms with van der Waals surface area (Å²) in [6.45, 7) is 8.51. The Morgan fingerprint density at radius 3 is 2.63 bits per heavy atom. The average Bonchev–Trinajstić information content (AvgIpc) is 3.18. The third-order valence-electron chi connectivity index (χ3n) is 3.04. The molecule has 5 heteroatoms. The highest BCUT2D eigenvalue weighted by Gasteiger charge is 2.19. The molecule has 1 rings (SSSR count). The fourth-order valence-electron chi connectivity index (χ4n) is 1.85. The molecule has 1 aliphatic rings. The van der Waals surface area contributed by atoms with Gasteiger partial charge in [0.2, 0.25) is 0 Å². The van der Waals surface area contributed by atoms with E-state index in [2.05, 4.69) is 22.5 Å². The SMILES string of the molecule is CCNC(=NCCCOCC)NCCCC1CC1.I. The minimum atomic E-state index is 0. The van der Waals surface area contributed by atoms with Crippen LogP contribution in [0.2, 0.25) is 0 Å². The maximum atomic E-state index is 5.30. The summed E-state index contributed by atoms with van der Waals surface area (Å²) in [5.74, 6) is 1.97. The molecule has 0 saturated heterocycles. The predicted molar refractivity (Wildman–Crippen MR) is 92.5 cm³/mol. The highest BCUT2D eigenvalue weighted by Crippen LogP contribution is 2.33. The number of ether oxygens (including phenoxy) is 1. The molecule has 0 spiro atoms. The van der Waals surface area contributed by atoms with Gasteiger partial charge < -0.3 is 15.4 Å². The second kappa shape index (κ2) is 13.0. The minimum Gasteiger partial charge on any atom is -0.382 e. The lowest BCUT2D eigenvalue weighted by Gasteiger charge is -2.11. The molecule has 0 atom stereocenters. The van der Waals surface area contributed by atoms with Crippen LogP contribution >= 0.6 is 24.0 Å². The van der Waals surface area contributed by atoms with Crippen molar-refractivity contribution in [3.63, 3.8) is 0 Å². The van der Waals surface area contributed by atoms with E-state index in [9.17, 15) is 0 Å². The molecule has 0 aromatic rings. The third-order valence-corrected chi connectivity index (χ3v) is 3.04. The Kier molecular flexibility index (Phi) is 12.9. The van der Waals surface area contributed by atoms with Gasteiger partial charge in [-0.1, -0.05) is 12.8 Å². The fourth-order valence-corrected chi connectivity index (χ4v) is 1.85. The topological polar surface area (TPSA) is 45.7 Å². The Balaban J connectivity index is 0.00000324. The van der Waals surface area contributed by atoms with Gasteiger partial charge in [-0.25, -0.2) is 0 Å². The first-order valence-corrected chi connectivity index (χ1v) is 7.46. The van der Waals surface area contributed by atoms with Crippen molar-refractivity contribution in [1.82, 2.24) is 10.6 Å². The lowest BCUT2D eigenvalue weighted by molar-refractivity contribution is 0.146. The van der Waals surface area contributed by atoms with Crippen LogP contribution in [0.3, 0.4) is 0 Å². The molecule has 0 aliphatic heterocycles. The third kappa shape index (κ3) is 11.5. The van der Waals surface area contributed by atoms with Gasteiger partial charge in [0.1, 0.15) is 0 Å². The number of halogens is 1. The molecule has 0 amide bonds. The van der Waals surface area contributed by atoms with Crippen molar-refractivity contribution in [2.75, 3.05) is 32.8 Å². The van der Waals surface area contributed by atoms with Crippen molar-refractivity contribution in [2.24, 2.45) is 10.9 Å². The summed E-state index contributed by atoms with van der Waals surface area (Å²) in [6.07, 6.45) is 6.52. The van der Waals surface area contributed by atoms with E-state index in [1.165, 1.54) is 25.7 Å². The van der Waals surface area contributed by atoms with Crippen LogP contribution < -0.4 is 10.6 Å². The lowest BCUT2D eigenvalue weighted by Crippen LogP contribution is -2.37. The largest absolute Gasteiger partial charge is 0.382 e. The number of nitrogens with zero attached hydrogens (tertiary/aromatic N) is 1. The van der Waals surface area contributed by atoms with Gasteiger partial charge in [-0.3, -0.25) is 4.99 Å². The van der Waals surface area contributed by atoms with Gasteiger partial charge in [0.25, 0.3) is 0 Å². The first kappa shape index (κ1) is 19.0. The fraction of sp³-hybridized carbons (Fsp3) is 0.929. The molecule has 0 aromatic carbocycles. The number of hydrogen-bond acceptors (Lipinski definition) is 2. The predicted octanol–water partition coefficient (Wildman–Crippen LogP) is 2.78. The summed E-state index contributed by atoms with van der Waals surface area (Å²) in [4.78, 5) is 4.53. The van der Waals surface area contributed by atoms with Crippen LogP contribution in [0.5, 0.6) is 0 Å². The van der Waals surface area contributed by atoms with Crippen LogP contribution in [0.15, 0.2) is 4.99 Å². The summed E-state index contributed by atoms with van der Waals surface area (Å²) in [6, 6.07) is 0. The summed E-state index contributed by atoms with van der Waals surface area (Å²) in [7, 11) is 0. The number of hydrogen-bond donors (Lipinski definition) is 2. The molecule has 1 saturated carbocycles. The van der Waals surface area contributed by atoms with Crippen molar-refractivity contribution >= 4 is 29.9 Å². The molecular weight excluding hydrogens is 353 g/mol. The number of rotatable bonds is 10. The molecule has 0 bridgehead atoms. The summed E-state index contributed by atoms with van der Waals surface area (Å²) >= 11 is 0. The van der Waals surface area contributed by atoms with Crippen LogP contribution in [-0.2, 0) is 4.74 Å². The Morgan fingerprint density at radius 1 is 1.21 bits per heavy atom. The first-order valence-electron chi connectivity index (χ1n) is 7.46. The van der Waals surface area contributed by atoms with Gasteiger partial charge in [0.15, 0.2) is 5.96 Å². The van der Waals surface area contributed by atoms with Crippen LogP contribution in [0.4, 0.5) is 0 Å². The molecule has 0 unspecified atom stereocenters. The zero-order valence-electron chi connectivity index (χ0n) is 12.4. The van der Waals surface area contributed by atoms with E-state index < -0.39 is 0 Å². The normalized spacial score (nSPS) is 14.9. The number of guanidine groups is 1. The van der Waals surface area contributed by atoms with Crippen molar-refractivity contribution in [2.45, 2.75) is 46.0 Å². The highest BCUT2D eigenvalue weighted by molar-refractivity contribution is 14.0. The maximum Gasteiger partial charge on any atom is 0.191 e. The van der Waals surface area contributed by atoms with Crippen LogP contribution in [0.25, 0.3) is 0 Å². The van der Waals surface area contributed by atoms with E-state index in [4.69, 9.17) is 4.74 Å². The standard InChI is InChI=1S/C14H29N3O.HI/c1-3-15-14(17-11-6-12-18-4-2)16-10-5-7-13-8-9-13;/h13H,3-12H2,1-2H3,(H2,15,16,17);1H. The van der Waals surface area contributed by atoms with E-state index in [0.717, 1.165) is 51.1 Å². The van der Waals surface area contributed by atoms with Crippen LogP contribution in [0.1, 0.15) is 46.0 Å². The molecular formula is C14H30IN3O.